The van der Waals surface area contributed by atoms with Crippen molar-refractivity contribution in [2.75, 3.05) is 19.6 Å². The number of aryl methyl sites for hydroxylation is 1. The van der Waals surface area contributed by atoms with Crippen molar-refractivity contribution in [1.29, 1.82) is 0 Å². The quantitative estimate of drug-likeness (QED) is 0.728. The number of phenols is 1. The number of phenolic OH excluding ortho intramolecular Hbond substituents is 1. The highest BCUT2D eigenvalue weighted by Crippen LogP contribution is 2.34. The predicted octanol–water partition coefficient (Wildman–Crippen LogP) is 1.70. The third-order valence-electron chi connectivity index (χ3n) is 2.76. The first kappa shape index (κ1) is 10.9. The number of benzene rings is 1. The average molecular weight is 271 g/mol. The van der Waals surface area contributed by atoms with Crippen molar-refractivity contribution in [3.63, 3.8) is 0 Å². The van der Waals surface area contributed by atoms with E-state index in [0.717, 1.165) is 35.2 Å². The molecule has 0 spiro atoms. The molecule has 0 radical (unpaired) electrons. The van der Waals surface area contributed by atoms with Crippen molar-refractivity contribution in [2.45, 2.75) is 13.0 Å². The predicted molar refractivity (Wildman–Crippen MR) is 64.2 cm³/mol. The van der Waals surface area contributed by atoms with Crippen LogP contribution in [-0.4, -0.2) is 24.7 Å². The molecule has 2 rings (SSSR count). The maximum Gasteiger partial charge on any atom is 0.124 e. The zero-order chi connectivity index (χ0) is 10.8. The molecule has 15 heavy (non-hydrogen) atoms. The summed E-state index contributed by atoms with van der Waals surface area (Å²) < 4.78 is 0.965. The zero-order valence-electron chi connectivity index (χ0n) is 8.68. The summed E-state index contributed by atoms with van der Waals surface area (Å²) in [7, 11) is 0. The highest BCUT2D eigenvalue weighted by molar-refractivity contribution is 9.10. The number of piperazine rings is 1. The fourth-order valence-corrected chi connectivity index (χ4v) is 2.48. The molecular weight excluding hydrogens is 256 g/mol. The summed E-state index contributed by atoms with van der Waals surface area (Å²) in [6.45, 7) is 4.70. The van der Waals surface area contributed by atoms with E-state index in [0.29, 0.717) is 5.75 Å². The molecule has 0 unspecified atom stereocenters. The molecule has 1 saturated heterocycles. The fraction of sp³-hybridized carbons (Fsp3) is 0.455. The van der Waals surface area contributed by atoms with Crippen LogP contribution in [0.25, 0.3) is 0 Å². The Morgan fingerprint density at radius 2 is 2.20 bits per heavy atom. The van der Waals surface area contributed by atoms with Crippen LogP contribution < -0.4 is 10.6 Å². The van der Waals surface area contributed by atoms with E-state index in [-0.39, 0.29) is 6.04 Å². The Morgan fingerprint density at radius 3 is 2.87 bits per heavy atom. The number of halogens is 1. The Kier molecular flexibility index (Phi) is 3.29. The maximum absolute atomic E-state index is 10.0. The minimum Gasteiger partial charge on any atom is -0.507 e. The van der Waals surface area contributed by atoms with Gasteiger partial charge in [-0.1, -0.05) is 22.0 Å². The van der Waals surface area contributed by atoms with Gasteiger partial charge in [0.1, 0.15) is 5.75 Å². The molecule has 1 aromatic rings. The normalized spacial score (nSPS) is 21.6. The fourth-order valence-electron chi connectivity index (χ4n) is 1.88. The molecule has 0 amide bonds. The van der Waals surface area contributed by atoms with Gasteiger partial charge in [-0.2, -0.15) is 0 Å². The highest BCUT2D eigenvalue weighted by Gasteiger charge is 2.21. The van der Waals surface area contributed by atoms with Crippen LogP contribution in [0.4, 0.5) is 0 Å². The third-order valence-corrected chi connectivity index (χ3v) is 3.45. The molecule has 3 N–H and O–H groups in total. The monoisotopic (exact) mass is 270 g/mol. The SMILES string of the molecule is Cc1ccc(Br)c([C@@H]2CNCCN2)c1O. The second-order valence-corrected chi connectivity index (χ2v) is 4.69. The Labute approximate surface area is 98.0 Å². The van der Waals surface area contributed by atoms with Crippen molar-refractivity contribution in [1.82, 2.24) is 10.6 Å². The molecule has 4 heteroatoms. The number of aromatic hydroxyl groups is 1. The van der Waals surface area contributed by atoms with Crippen LogP contribution in [0.3, 0.4) is 0 Å². The summed E-state index contributed by atoms with van der Waals surface area (Å²) in [6, 6.07) is 4.09. The number of nitrogens with one attached hydrogen (secondary N) is 2. The molecule has 0 bridgehead atoms. The van der Waals surface area contributed by atoms with Crippen molar-refractivity contribution >= 4 is 15.9 Å². The van der Waals surface area contributed by atoms with Crippen LogP contribution in [-0.2, 0) is 0 Å². The van der Waals surface area contributed by atoms with Gasteiger partial charge in [-0.05, 0) is 18.6 Å². The lowest BCUT2D eigenvalue weighted by Crippen LogP contribution is -2.42. The summed E-state index contributed by atoms with van der Waals surface area (Å²) in [6.07, 6.45) is 0. The van der Waals surface area contributed by atoms with Crippen molar-refractivity contribution < 1.29 is 5.11 Å². The number of rotatable bonds is 1. The zero-order valence-corrected chi connectivity index (χ0v) is 10.3. The standard InChI is InChI=1S/C11H15BrN2O/c1-7-2-3-8(12)10(11(7)15)9-6-13-4-5-14-9/h2-3,9,13-15H,4-6H2,1H3/t9-/m0/s1. The van der Waals surface area contributed by atoms with Crippen molar-refractivity contribution in [3.8, 4) is 5.75 Å². The number of hydrogen-bond donors (Lipinski definition) is 3. The third kappa shape index (κ3) is 2.17. The Hall–Kier alpha value is -0.580. The van der Waals surface area contributed by atoms with Gasteiger partial charge >= 0.3 is 0 Å². The minimum absolute atomic E-state index is 0.188. The van der Waals surface area contributed by atoms with E-state index < -0.39 is 0 Å². The second kappa shape index (κ2) is 4.51. The molecule has 0 saturated carbocycles. The van der Waals surface area contributed by atoms with Gasteiger partial charge in [0, 0.05) is 35.7 Å². The first-order valence-electron chi connectivity index (χ1n) is 5.12. The molecule has 1 atom stereocenters. The van der Waals surface area contributed by atoms with Gasteiger partial charge in [0.15, 0.2) is 0 Å². The molecule has 0 aromatic heterocycles. The molecule has 1 aliphatic heterocycles. The molecule has 1 heterocycles. The first-order valence-corrected chi connectivity index (χ1v) is 5.91. The second-order valence-electron chi connectivity index (χ2n) is 3.84. The lowest BCUT2D eigenvalue weighted by atomic mass is 10.0. The Bertz CT molecular complexity index is 362. The van der Waals surface area contributed by atoms with E-state index in [2.05, 4.69) is 26.6 Å². The highest BCUT2D eigenvalue weighted by atomic mass is 79.9. The lowest BCUT2D eigenvalue weighted by Gasteiger charge is -2.26. The van der Waals surface area contributed by atoms with Gasteiger partial charge in [0.2, 0.25) is 0 Å². The van der Waals surface area contributed by atoms with E-state index in [4.69, 9.17) is 0 Å². The first-order chi connectivity index (χ1) is 7.20. The largest absolute Gasteiger partial charge is 0.507 e. The molecular formula is C11H15BrN2O. The summed E-state index contributed by atoms with van der Waals surface area (Å²) in [5.74, 6) is 0.394. The smallest absolute Gasteiger partial charge is 0.124 e. The summed E-state index contributed by atoms with van der Waals surface area (Å²) in [5.41, 5.74) is 1.88. The van der Waals surface area contributed by atoms with E-state index in [9.17, 15) is 5.11 Å². The molecule has 3 nitrogen and oxygen atoms in total. The van der Waals surface area contributed by atoms with Crippen LogP contribution in [0, 0.1) is 6.92 Å². The van der Waals surface area contributed by atoms with Crippen molar-refractivity contribution in [3.05, 3.63) is 27.7 Å². The van der Waals surface area contributed by atoms with Crippen LogP contribution in [0.2, 0.25) is 0 Å². The van der Waals surface area contributed by atoms with Gasteiger partial charge < -0.3 is 15.7 Å². The van der Waals surface area contributed by atoms with Crippen LogP contribution in [0.15, 0.2) is 16.6 Å². The van der Waals surface area contributed by atoms with Gasteiger partial charge in [-0.15, -0.1) is 0 Å². The molecule has 1 fully saturated rings. The van der Waals surface area contributed by atoms with E-state index in [1.54, 1.807) is 0 Å². The van der Waals surface area contributed by atoms with E-state index >= 15 is 0 Å². The molecule has 82 valence electrons. The lowest BCUT2D eigenvalue weighted by molar-refractivity contribution is 0.401. The summed E-state index contributed by atoms with van der Waals surface area (Å²) in [4.78, 5) is 0. The van der Waals surface area contributed by atoms with E-state index in [1.165, 1.54) is 0 Å². The average Bonchev–Trinajstić information content (AvgIpc) is 2.26. The Morgan fingerprint density at radius 1 is 1.40 bits per heavy atom. The molecule has 1 aliphatic rings. The summed E-state index contributed by atoms with van der Waals surface area (Å²) >= 11 is 3.49. The molecule has 0 aliphatic carbocycles. The minimum atomic E-state index is 0.188. The van der Waals surface area contributed by atoms with Crippen LogP contribution >= 0.6 is 15.9 Å². The van der Waals surface area contributed by atoms with Gasteiger partial charge in [0.05, 0.1) is 0 Å². The Balaban J connectivity index is 2.36. The maximum atomic E-state index is 10.0. The van der Waals surface area contributed by atoms with Crippen LogP contribution in [0.5, 0.6) is 5.75 Å². The topological polar surface area (TPSA) is 44.3 Å². The van der Waals surface area contributed by atoms with Crippen molar-refractivity contribution in [2.24, 2.45) is 0 Å². The van der Waals surface area contributed by atoms with Gasteiger partial charge in [0.25, 0.3) is 0 Å². The summed E-state index contributed by atoms with van der Waals surface area (Å²) in [5, 5.41) is 16.7. The van der Waals surface area contributed by atoms with Gasteiger partial charge in [-0.25, -0.2) is 0 Å². The number of hydrogen-bond acceptors (Lipinski definition) is 3. The van der Waals surface area contributed by atoms with Gasteiger partial charge in [-0.3, -0.25) is 0 Å². The van der Waals surface area contributed by atoms with Crippen LogP contribution in [0.1, 0.15) is 17.2 Å². The molecule has 1 aromatic carbocycles. The van der Waals surface area contributed by atoms with E-state index in [1.807, 2.05) is 19.1 Å².